The molecular formula is C19H24O3. The third-order valence-corrected chi connectivity index (χ3v) is 3.60. The quantitative estimate of drug-likeness (QED) is 0.789. The van der Waals surface area contributed by atoms with Gasteiger partial charge in [-0.3, -0.25) is 0 Å². The van der Waals surface area contributed by atoms with Gasteiger partial charge in [-0.25, -0.2) is 0 Å². The minimum Gasteiger partial charge on any atom is -0.491 e. The van der Waals surface area contributed by atoms with Crippen LogP contribution in [0.5, 0.6) is 5.75 Å². The van der Waals surface area contributed by atoms with E-state index in [1.807, 2.05) is 25.1 Å². The fourth-order valence-corrected chi connectivity index (χ4v) is 2.65. The van der Waals surface area contributed by atoms with Gasteiger partial charge in [0.2, 0.25) is 0 Å². The van der Waals surface area contributed by atoms with E-state index in [2.05, 4.69) is 32.0 Å². The molecule has 0 bridgehead atoms. The van der Waals surface area contributed by atoms with Crippen molar-refractivity contribution in [1.29, 1.82) is 0 Å². The van der Waals surface area contributed by atoms with Crippen molar-refractivity contribution in [3.8, 4) is 16.9 Å². The third-order valence-electron chi connectivity index (χ3n) is 3.60. The van der Waals surface area contributed by atoms with Crippen LogP contribution < -0.4 is 4.74 Å². The van der Waals surface area contributed by atoms with E-state index in [1.165, 1.54) is 16.7 Å². The Kier molecular flexibility index (Phi) is 5.99. The van der Waals surface area contributed by atoms with Crippen molar-refractivity contribution >= 4 is 0 Å². The number of aryl methyl sites for hydroxylation is 2. The summed E-state index contributed by atoms with van der Waals surface area (Å²) in [7, 11) is 0. The van der Waals surface area contributed by atoms with Gasteiger partial charge in [-0.15, -0.1) is 0 Å². The summed E-state index contributed by atoms with van der Waals surface area (Å²) in [4.78, 5) is 0. The van der Waals surface area contributed by atoms with Gasteiger partial charge in [0.05, 0.1) is 13.2 Å². The summed E-state index contributed by atoms with van der Waals surface area (Å²) in [5.74, 6) is 0.872. The molecule has 0 aliphatic rings. The molecule has 22 heavy (non-hydrogen) atoms. The second-order valence-corrected chi connectivity index (χ2v) is 5.34. The van der Waals surface area contributed by atoms with E-state index in [0.717, 1.165) is 16.9 Å². The predicted octanol–water partition coefficient (Wildman–Crippen LogP) is 3.88. The van der Waals surface area contributed by atoms with Crippen LogP contribution in [0.4, 0.5) is 0 Å². The number of hydrogen-bond acceptors (Lipinski definition) is 3. The lowest BCUT2D eigenvalue weighted by Gasteiger charge is -2.14. The van der Waals surface area contributed by atoms with Crippen LogP contribution in [-0.2, 0) is 11.3 Å². The lowest BCUT2D eigenvalue weighted by Crippen LogP contribution is -2.06. The normalized spacial score (nSPS) is 10.7. The summed E-state index contributed by atoms with van der Waals surface area (Å²) >= 11 is 0. The van der Waals surface area contributed by atoms with Gasteiger partial charge in [0.15, 0.2) is 0 Å². The molecule has 3 heteroatoms. The first kappa shape index (κ1) is 16.5. The van der Waals surface area contributed by atoms with E-state index in [9.17, 15) is 5.11 Å². The molecule has 0 heterocycles. The second-order valence-electron chi connectivity index (χ2n) is 5.34. The molecule has 3 nitrogen and oxygen atoms in total. The lowest BCUT2D eigenvalue weighted by atomic mass is 9.94. The van der Waals surface area contributed by atoms with Crippen LogP contribution in [0, 0.1) is 13.8 Å². The molecule has 2 aromatic carbocycles. The molecular weight excluding hydrogens is 276 g/mol. The fourth-order valence-electron chi connectivity index (χ4n) is 2.65. The van der Waals surface area contributed by atoms with Crippen LogP contribution in [0.3, 0.4) is 0 Å². The molecule has 0 aliphatic heterocycles. The molecule has 0 spiro atoms. The molecule has 0 fully saturated rings. The van der Waals surface area contributed by atoms with Gasteiger partial charge in [0.25, 0.3) is 0 Å². The zero-order valence-corrected chi connectivity index (χ0v) is 13.6. The summed E-state index contributed by atoms with van der Waals surface area (Å²) in [5.41, 5.74) is 5.59. The Balaban J connectivity index is 2.22. The highest BCUT2D eigenvalue weighted by atomic mass is 16.5. The van der Waals surface area contributed by atoms with Crippen LogP contribution in [0.25, 0.3) is 11.1 Å². The number of hydrogen-bond donors (Lipinski definition) is 1. The van der Waals surface area contributed by atoms with E-state index in [0.29, 0.717) is 19.8 Å². The molecule has 2 rings (SSSR count). The molecule has 2 aromatic rings. The van der Waals surface area contributed by atoms with E-state index in [4.69, 9.17) is 9.47 Å². The number of benzene rings is 2. The molecule has 0 atom stereocenters. The van der Waals surface area contributed by atoms with Crippen LogP contribution in [0.15, 0.2) is 36.4 Å². The average Bonchev–Trinajstić information content (AvgIpc) is 2.51. The standard InChI is InChI=1S/C19H24O3/c1-4-21-8-9-22-18-10-14(2)19(15(3)11-18)17-7-5-6-16(12-17)13-20/h5-7,10-12,20H,4,8-9,13H2,1-3H3. The molecule has 0 aromatic heterocycles. The molecule has 118 valence electrons. The monoisotopic (exact) mass is 300 g/mol. The van der Waals surface area contributed by atoms with Crippen molar-refractivity contribution in [1.82, 2.24) is 0 Å². The SMILES string of the molecule is CCOCCOc1cc(C)c(-c2cccc(CO)c2)c(C)c1. The van der Waals surface area contributed by atoms with Crippen LogP contribution >= 0.6 is 0 Å². The average molecular weight is 300 g/mol. The van der Waals surface area contributed by atoms with Crippen molar-refractivity contribution in [3.05, 3.63) is 53.1 Å². The minimum absolute atomic E-state index is 0.0601. The molecule has 1 N–H and O–H groups in total. The molecule has 0 radical (unpaired) electrons. The Labute approximate surface area is 132 Å². The van der Waals surface area contributed by atoms with E-state index >= 15 is 0 Å². The Morgan fingerprint density at radius 3 is 2.36 bits per heavy atom. The molecule has 0 unspecified atom stereocenters. The topological polar surface area (TPSA) is 38.7 Å². The van der Waals surface area contributed by atoms with Gasteiger partial charge in [-0.2, -0.15) is 0 Å². The molecule has 0 saturated heterocycles. The van der Waals surface area contributed by atoms with Gasteiger partial charge < -0.3 is 14.6 Å². The number of aliphatic hydroxyl groups excluding tert-OH is 1. The molecule has 0 aliphatic carbocycles. The number of aliphatic hydroxyl groups is 1. The first-order valence-electron chi connectivity index (χ1n) is 7.67. The van der Waals surface area contributed by atoms with Crippen molar-refractivity contribution in [2.24, 2.45) is 0 Å². The third kappa shape index (κ3) is 4.09. The van der Waals surface area contributed by atoms with Gasteiger partial charge in [-0.05, 0) is 66.8 Å². The van der Waals surface area contributed by atoms with E-state index < -0.39 is 0 Å². The highest BCUT2D eigenvalue weighted by Gasteiger charge is 2.09. The largest absolute Gasteiger partial charge is 0.491 e. The molecule has 0 amide bonds. The van der Waals surface area contributed by atoms with Crippen LogP contribution in [0.2, 0.25) is 0 Å². The van der Waals surface area contributed by atoms with Gasteiger partial charge in [-0.1, -0.05) is 18.2 Å². The van der Waals surface area contributed by atoms with Gasteiger partial charge in [0, 0.05) is 6.61 Å². The Morgan fingerprint density at radius 1 is 1.00 bits per heavy atom. The summed E-state index contributed by atoms with van der Waals surface area (Å²) in [5, 5.41) is 9.30. The maximum atomic E-state index is 9.30. The number of rotatable bonds is 7. The summed E-state index contributed by atoms with van der Waals surface area (Å²) < 4.78 is 11.0. The maximum Gasteiger partial charge on any atom is 0.119 e. The maximum absolute atomic E-state index is 9.30. The minimum atomic E-state index is 0.0601. The Morgan fingerprint density at radius 2 is 1.73 bits per heavy atom. The zero-order valence-electron chi connectivity index (χ0n) is 13.6. The fraction of sp³-hybridized carbons (Fsp3) is 0.368. The van der Waals surface area contributed by atoms with Crippen molar-refractivity contribution in [2.45, 2.75) is 27.4 Å². The highest BCUT2D eigenvalue weighted by Crippen LogP contribution is 2.31. The van der Waals surface area contributed by atoms with Crippen LogP contribution in [-0.4, -0.2) is 24.9 Å². The summed E-state index contributed by atoms with van der Waals surface area (Å²) in [6, 6.07) is 12.1. The number of ether oxygens (including phenoxy) is 2. The molecule has 0 saturated carbocycles. The Hall–Kier alpha value is -1.84. The summed E-state index contributed by atoms with van der Waals surface area (Å²) in [6.45, 7) is 8.09. The van der Waals surface area contributed by atoms with E-state index in [-0.39, 0.29) is 6.61 Å². The van der Waals surface area contributed by atoms with Crippen LogP contribution in [0.1, 0.15) is 23.6 Å². The van der Waals surface area contributed by atoms with Gasteiger partial charge in [0.1, 0.15) is 12.4 Å². The van der Waals surface area contributed by atoms with Crippen molar-refractivity contribution in [3.63, 3.8) is 0 Å². The van der Waals surface area contributed by atoms with Crippen molar-refractivity contribution < 1.29 is 14.6 Å². The first-order chi connectivity index (χ1) is 10.7. The second kappa shape index (κ2) is 7.97. The van der Waals surface area contributed by atoms with E-state index in [1.54, 1.807) is 0 Å². The smallest absolute Gasteiger partial charge is 0.119 e. The first-order valence-corrected chi connectivity index (χ1v) is 7.67. The predicted molar refractivity (Wildman–Crippen MR) is 89.3 cm³/mol. The van der Waals surface area contributed by atoms with Gasteiger partial charge >= 0.3 is 0 Å². The highest BCUT2D eigenvalue weighted by molar-refractivity contribution is 5.72. The zero-order chi connectivity index (χ0) is 15.9. The Bertz CT molecular complexity index is 597. The van der Waals surface area contributed by atoms with Crippen molar-refractivity contribution in [2.75, 3.05) is 19.8 Å². The lowest BCUT2D eigenvalue weighted by molar-refractivity contribution is 0.110. The summed E-state index contributed by atoms with van der Waals surface area (Å²) in [6.07, 6.45) is 0.